The number of rotatable bonds is 9. The number of hydrogen-bond donors (Lipinski definition) is 4. The number of para-hydroxylation sites is 1. The van der Waals surface area contributed by atoms with Crippen molar-refractivity contribution in [3.05, 3.63) is 62.9 Å². The van der Waals surface area contributed by atoms with Crippen molar-refractivity contribution in [1.82, 2.24) is 14.6 Å². The number of nitrogens with one attached hydrogen (secondary N) is 2. The molecule has 2 heterocycles. The van der Waals surface area contributed by atoms with E-state index in [1.165, 1.54) is 27.0 Å². The van der Waals surface area contributed by atoms with Gasteiger partial charge in [0.25, 0.3) is 5.56 Å². The van der Waals surface area contributed by atoms with E-state index in [1.807, 2.05) is 0 Å². The summed E-state index contributed by atoms with van der Waals surface area (Å²) in [4.78, 5) is 38.7. The highest BCUT2D eigenvalue weighted by atomic mass is 31.2. The van der Waals surface area contributed by atoms with Gasteiger partial charge in [-0.3, -0.25) is 23.7 Å². The lowest BCUT2D eigenvalue weighted by atomic mass is 9.92. The molecule has 37 heavy (non-hydrogen) atoms. The summed E-state index contributed by atoms with van der Waals surface area (Å²) in [6, 6.07) is 7.04. The minimum absolute atomic E-state index is 0.185. The van der Waals surface area contributed by atoms with Gasteiger partial charge in [0.2, 0.25) is 0 Å². The summed E-state index contributed by atoms with van der Waals surface area (Å²) in [5, 5.41) is 14.0. The van der Waals surface area contributed by atoms with Crippen LogP contribution in [-0.4, -0.2) is 56.1 Å². The van der Waals surface area contributed by atoms with E-state index in [4.69, 9.17) is 24.3 Å². The molecule has 2 unspecified atom stereocenters. The maximum absolute atomic E-state index is 13.8. The number of nitrogens with zero attached hydrogens (tertiary/aromatic N) is 1. The molecule has 2 aromatic rings. The lowest BCUT2D eigenvalue weighted by molar-refractivity contribution is -0.149. The van der Waals surface area contributed by atoms with Crippen molar-refractivity contribution < 1.29 is 33.0 Å². The van der Waals surface area contributed by atoms with Gasteiger partial charge in [0, 0.05) is 11.8 Å². The van der Waals surface area contributed by atoms with Gasteiger partial charge in [-0.25, -0.2) is 9.36 Å². The summed E-state index contributed by atoms with van der Waals surface area (Å²) < 4.78 is 37.3. The molecule has 14 heteroatoms. The van der Waals surface area contributed by atoms with E-state index in [0.29, 0.717) is 0 Å². The Morgan fingerprint density at radius 3 is 2.49 bits per heavy atom. The van der Waals surface area contributed by atoms with Crippen LogP contribution in [0.2, 0.25) is 0 Å². The molecule has 0 bridgehead atoms. The van der Waals surface area contributed by atoms with Crippen LogP contribution in [0, 0.1) is 6.92 Å². The highest BCUT2D eigenvalue weighted by molar-refractivity contribution is 7.52. The number of carbonyl (C=O) groups excluding carboxylic acids is 1. The number of esters is 1. The molecule has 2 fully saturated rings. The minimum Gasteiger partial charge on any atom is -0.462 e. The Morgan fingerprint density at radius 2 is 1.92 bits per heavy atom. The van der Waals surface area contributed by atoms with Crippen LogP contribution in [0.25, 0.3) is 0 Å². The topological polar surface area (TPSA) is 184 Å². The lowest BCUT2D eigenvalue weighted by Gasteiger charge is -2.35. The highest BCUT2D eigenvalue weighted by Gasteiger charge is 2.83. The summed E-state index contributed by atoms with van der Waals surface area (Å²) >= 11 is 0. The maximum Gasteiger partial charge on any atom is 0.459 e. The fourth-order valence-electron chi connectivity index (χ4n) is 4.30. The first kappa shape index (κ1) is 27.2. The van der Waals surface area contributed by atoms with Crippen LogP contribution in [0.4, 0.5) is 0 Å². The van der Waals surface area contributed by atoms with Crippen LogP contribution < -0.4 is 26.6 Å². The third-order valence-electron chi connectivity index (χ3n) is 6.36. The zero-order valence-corrected chi connectivity index (χ0v) is 21.9. The van der Waals surface area contributed by atoms with Crippen molar-refractivity contribution in [2.45, 2.75) is 76.3 Å². The van der Waals surface area contributed by atoms with Crippen molar-refractivity contribution >= 4 is 13.7 Å². The number of benzene rings is 1. The van der Waals surface area contributed by atoms with Gasteiger partial charge in [-0.15, -0.1) is 0 Å². The number of ether oxygens (including phenoxy) is 2. The zero-order valence-electron chi connectivity index (χ0n) is 21.0. The Morgan fingerprint density at radius 1 is 1.27 bits per heavy atom. The fraction of sp³-hybridized carbons (Fsp3) is 0.522. The van der Waals surface area contributed by atoms with Crippen molar-refractivity contribution in [2.75, 3.05) is 0 Å². The number of aliphatic hydroxyl groups is 1. The van der Waals surface area contributed by atoms with Gasteiger partial charge >= 0.3 is 19.4 Å². The Balaban J connectivity index is 1.59. The van der Waals surface area contributed by atoms with Gasteiger partial charge in [-0.05, 0) is 46.8 Å². The summed E-state index contributed by atoms with van der Waals surface area (Å²) in [7, 11) is -4.32. The Labute approximate surface area is 212 Å². The van der Waals surface area contributed by atoms with Crippen molar-refractivity contribution in [1.29, 1.82) is 0 Å². The number of aromatic amines is 1. The predicted molar refractivity (Wildman–Crippen MR) is 131 cm³/mol. The molecule has 2 aliphatic rings. The normalized spacial score (nSPS) is 30.9. The van der Waals surface area contributed by atoms with E-state index in [2.05, 4.69) is 10.1 Å². The minimum atomic E-state index is -4.32. The van der Waals surface area contributed by atoms with Crippen LogP contribution in [0.3, 0.4) is 0 Å². The molecule has 1 aliphatic heterocycles. The van der Waals surface area contributed by atoms with Gasteiger partial charge < -0.3 is 24.8 Å². The van der Waals surface area contributed by atoms with E-state index in [0.717, 1.165) is 4.57 Å². The summed E-state index contributed by atoms with van der Waals surface area (Å²) in [5.74, 6) is -0.497. The molecule has 5 N–H and O–H groups in total. The lowest BCUT2D eigenvalue weighted by Crippen LogP contribution is -2.57. The molecule has 7 atom stereocenters. The third-order valence-corrected chi connectivity index (χ3v) is 8.02. The van der Waals surface area contributed by atoms with E-state index in [1.54, 1.807) is 44.2 Å². The quantitative estimate of drug-likeness (QED) is 0.260. The number of aryl methyl sites for hydroxylation is 1. The molecule has 4 rings (SSSR count). The van der Waals surface area contributed by atoms with Gasteiger partial charge in [0.1, 0.15) is 29.6 Å². The van der Waals surface area contributed by atoms with Crippen molar-refractivity contribution in [3.8, 4) is 5.75 Å². The van der Waals surface area contributed by atoms with E-state index in [-0.39, 0.29) is 11.3 Å². The molecule has 1 aliphatic carbocycles. The molecule has 13 nitrogen and oxygen atoms in total. The second-order valence-corrected chi connectivity index (χ2v) is 11.4. The standard InChI is InChI=1S/C23H31N4O9P/c1-12(2)33-19(29)14(4)26-37(32,35-15-9-7-6-8-10-15)36-17-16-23(17,31)22(5,24)20(34-16)27-11-13(3)18(28)25-21(27)30/h6-12,14,16-17,20,31H,24H2,1-5H3,(H,26,32)(H,25,28,30)/t14-,16-,17?,20-,22+,23+,37?/m1/s1. The molecular weight excluding hydrogens is 507 g/mol. The number of carbonyl (C=O) groups is 1. The van der Waals surface area contributed by atoms with E-state index in [9.17, 15) is 24.1 Å². The van der Waals surface area contributed by atoms with Crippen LogP contribution in [-0.2, 0) is 23.4 Å². The van der Waals surface area contributed by atoms with Crippen molar-refractivity contribution in [3.63, 3.8) is 0 Å². The summed E-state index contributed by atoms with van der Waals surface area (Å²) in [6.07, 6.45) is -2.59. The first-order valence-corrected chi connectivity index (χ1v) is 13.2. The number of aromatic nitrogens is 2. The summed E-state index contributed by atoms with van der Waals surface area (Å²) in [6.45, 7) is 7.74. The average molecular weight is 538 g/mol. The van der Waals surface area contributed by atoms with E-state index >= 15 is 0 Å². The van der Waals surface area contributed by atoms with E-state index < -0.39 is 66.7 Å². The predicted octanol–water partition coefficient (Wildman–Crippen LogP) is 0.707. The SMILES string of the molecule is Cc1cn([C@@H]2O[C@@H]3C(OP(=O)(N[C@H](C)C(=O)OC(C)C)Oc4ccccc4)[C@]3(O)[C@@]2(C)N)c(=O)[nH]c1=O. The molecule has 1 saturated carbocycles. The molecular formula is C23H31N4O9P. The van der Waals surface area contributed by atoms with Crippen LogP contribution in [0.1, 0.15) is 39.5 Å². The zero-order chi connectivity index (χ0) is 27.3. The van der Waals surface area contributed by atoms with Gasteiger partial charge in [-0.1, -0.05) is 18.2 Å². The number of nitrogens with two attached hydrogens (primary N) is 1. The first-order valence-electron chi connectivity index (χ1n) is 11.7. The average Bonchev–Trinajstić information content (AvgIpc) is 3.29. The van der Waals surface area contributed by atoms with Crippen molar-refractivity contribution in [2.24, 2.45) is 5.73 Å². The number of fused-ring (bicyclic) bond motifs is 1. The van der Waals surface area contributed by atoms with Crippen LogP contribution in [0.5, 0.6) is 5.75 Å². The first-order chi connectivity index (χ1) is 17.2. The van der Waals surface area contributed by atoms with Gasteiger partial charge in [-0.2, -0.15) is 5.09 Å². The third kappa shape index (κ3) is 4.90. The van der Waals surface area contributed by atoms with Gasteiger partial charge in [0.05, 0.1) is 11.6 Å². The van der Waals surface area contributed by atoms with Crippen LogP contribution >= 0.6 is 7.75 Å². The molecule has 1 saturated heterocycles. The molecule has 202 valence electrons. The molecule has 0 amide bonds. The fourth-order valence-corrected chi connectivity index (χ4v) is 6.01. The second kappa shape index (κ2) is 9.50. The largest absolute Gasteiger partial charge is 0.462 e. The second-order valence-electron chi connectivity index (χ2n) is 9.76. The monoisotopic (exact) mass is 538 g/mol. The Kier molecular flexibility index (Phi) is 6.99. The number of hydrogen-bond acceptors (Lipinski definition) is 10. The molecule has 1 aromatic carbocycles. The maximum atomic E-state index is 13.8. The molecule has 1 aromatic heterocycles. The Hall–Kier alpha value is -2.80. The smallest absolute Gasteiger partial charge is 0.459 e. The molecule has 0 spiro atoms. The highest BCUT2D eigenvalue weighted by Crippen LogP contribution is 2.63. The number of H-pyrrole nitrogens is 1. The van der Waals surface area contributed by atoms with Gasteiger partial charge in [0.15, 0.2) is 6.23 Å². The summed E-state index contributed by atoms with van der Waals surface area (Å²) in [5.41, 5.74) is 1.89. The molecule has 0 radical (unpaired) electrons. The Bertz CT molecular complexity index is 1340. The van der Waals surface area contributed by atoms with Crippen LogP contribution in [0.15, 0.2) is 46.1 Å².